The summed E-state index contributed by atoms with van der Waals surface area (Å²) in [6, 6.07) is 0. The molecular weight excluding hydrogens is 172 g/mol. The summed E-state index contributed by atoms with van der Waals surface area (Å²) in [5.74, 6) is -1.79. The number of amides is 1. The lowest BCUT2D eigenvalue weighted by Gasteiger charge is -2.01. The van der Waals surface area contributed by atoms with Gasteiger partial charge in [0, 0.05) is 6.42 Å². The number of halogens is 2. The summed E-state index contributed by atoms with van der Waals surface area (Å²) in [4.78, 5) is 20.5. The lowest BCUT2D eigenvalue weighted by atomic mass is 10.3. The highest BCUT2D eigenvalue weighted by Crippen LogP contribution is 1.91. The zero-order chi connectivity index (χ0) is 9.56. The molecule has 0 aromatic heterocycles. The van der Waals surface area contributed by atoms with Crippen LogP contribution in [-0.2, 0) is 9.59 Å². The summed E-state index contributed by atoms with van der Waals surface area (Å²) < 4.78 is 22.9. The Balaban J connectivity index is 3.40. The molecule has 0 saturated heterocycles. The molecule has 0 rings (SSSR count). The molecule has 0 aliphatic heterocycles. The van der Waals surface area contributed by atoms with E-state index in [2.05, 4.69) is 0 Å². The average Bonchev–Trinajstić information content (AvgIpc) is 1.96. The van der Waals surface area contributed by atoms with Gasteiger partial charge in [0.1, 0.15) is 0 Å². The lowest BCUT2D eigenvalue weighted by molar-refractivity contribution is -0.138. The third-order valence-corrected chi connectivity index (χ3v) is 1.02. The largest absolute Gasteiger partial charge is 0.481 e. The van der Waals surface area contributed by atoms with Crippen molar-refractivity contribution < 1.29 is 23.5 Å². The zero-order valence-electron chi connectivity index (χ0n) is 6.22. The van der Waals surface area contributed by atoms with Crippen molar-refractivity contribution >= 4 is 11.9 Å². The van der Waals surface area contributed by atoms with E-state index in [1.54, 1.807) is 0 Å². The minimum Gasteiger partial charge on any atom is -0.481 e. The van der Waals surface area contributed by atoms with Gasteiger partial charge < -0.3 is 10.4 Å². The lowest BCUT2D eigenvalue weighted by Crippen LogP contribution is -2.28. The quantitative estimate of drug-likeness (QED) is 0.638. The molecule has 0 saturated carbocycles. The Hall–Kier alpha value is -1.20. The molecule has 0 aliphatic rings. The molecule has 0 atom stereocenters. The fourth-order valence-electron chi connectivity index (χ4n) is 0.500. The van der Waals surface area contributed by atoms with Gasteiger partial charge in [0.2, 0.25) is 5.91 Å². The number of carboxylic acids is 1. The molecule has 70 valence electrons. The molecule has 0 fully saturated rings. The fraction of sp³-hybridized carbons (Fsp3) is 0.667. The summed E-state index contributed by atoms with van der Waals surface area (Å²) in [5, 5.41) is 10.00. The first-order valence-electron chi connectivity index (χ1n) is 3.29. The predicted octanol–water partition coefficient (Wildman–Crippen LogP) is 0.232. The van der Waals surface area contributed by atoms with Crippen LogP contribution >= 0.6 is 0 Å². The van der Waals surface area contributed by atoms with Crippen molar-refractivity contribution in [2.45, 2.75) is 19.3 Å². The number of rotatable bonds is 5. The second-order valence-electron chi connectivity index (χ2n) is 2.09. The molecule has 0 spiro atoms. The molecule has 0 unspecified atom stereocenters. The molecular formula is C6H9F2NO3. The van der Waals surface area contributed by atoms with Crippen molar-refractivity contribution in [2.24, 2.45) is 0 Å². The second-order valence-corrected chi connectivity index (χ2v) is 2.09. The van der Waals surface area contributed by atoms with E-state index in [0.717, 1.165) is 0 Å². The standard InChI is InChI=1S/C6H9F2NO3/c7-4(8)3-9-5(10)1-2-6(11)12/h4H,1-3H2,(H,9,10)(H,11,12). The molecule has 6 heteroatoms. The van der Waals surface area contributed by atoms with E-state index in [4.69, 9.17) is 5.11 Å². The molecule has 0 aromatic rings. The van der Waals surface area contributed by atoms with Crippen LogP contribution in [0.15, 0.2) is 0 Å². The Labute approximate surface area is 67.6 Å². The first-order valence-corrected chi connectivity index (χ1v) is 3.29. The first kappa shape index (κ1) is 10.8. The number of aliphatic carboxylic acids is 1. The van der Waals surface area contributed by atoms with Crippen molar-refractivity contribution in [1.82, 2.24) is 5.32 Å². The Morgan fingerprint density at radius 1 is 1.33 bits per heavy atom. The smallest absolute Gasteiger partial charge is 0.303 e. The van der Waals surface area contributed by atoms with Crippen LogP contribution in [-0.4, -0.2) is 30.0 Å². The van der Waals surface area contributed by atoms with Crippen molar-refractivity contribution in [3.63, 3.8) is 0 Å². The Kier molecular flexibility index (Phi) is 4.91. The van der Waals surface area contributed by atoms with Gasteiger partial charge in [-0.2, -0.15) is 0 Å². The number of hydrogen-bond donors (Lipinski definition) is 2. The van der Waals surface area contributed by atoms with Gasteiger partial charge in [0.15, 0.2) is 0 Å². The van der Waals surface area contributed by atoms with Gasteiger partial charge in [-0.3, -0.25) is 9.59 Å². The number of hydrogen-bond acceptors (Lipinski definition) is 2. The summed E-state index contributed by atoms with van der Waals surface area (Å²) in [5.41, 5.74) is 0. The van der Waals surface area contributed by atoms with Gasteiger partial charge in [-0.1, -0.05) is 0 Å². The van der Waals surface area contributed by atoms with Crippen LogP contribution < -0.4 is 5.32 Å². The van der Waals surface area contributed by atoms with E-state index in [1.165, 1.54) is 0 Å². The monoisotopic (exact) mass is 181 g/mol. The van der Waals surface area contributed by atoms with E-state index in [0.29, 0.717) is 0 Å². The number of alkyl halides is 2. The summed E-state index contributed by atoms with van der Waals surface area (Å²) >= 11 is 0. The number of carboxylic acid groups (broad SMARTS) is 1. The minimum atomic E-state index is -2.60. The number of carbonyl (C=O) groups excluding carboxylic acids is 1. The third-order valence-electron chi connectivity index (χ3n) is 1.02. The molecule has 4 nitrogen and oxygen atoms in total. The number of nitrogens with one attached hydrogen (secondary N) is 1. The van der Waals surface area contributed by atoms with E-state index < -0.39 is 24.8 Å². The topological polar surface area (TPSA) is 66.4 Å². The van der Waals surface area contributed by atoms with Gasteiger partial charge in [-0.25, -0.2) is 8.78 Å². The SMILES string of the molecule is O=C(O)CCC(=O)NCC(F)F. The van der Waals surface area contributed by atoms with Gasteiger partial charge in [-0.05, 0) is 0 Å². The Morgan fingerprint density at radius 3 is 2.33 bits per heavy atom. The van der Waals surface area contributed by atoms with Crippen molar-refractivity contribution in [2.75, 3.05) is 6.54 Å². The van der Waals surface area contributed by atoms with Crippen LogP contribution in [0.2, 0.25) is 0 Å². The molecule has 0 bridgehead atoms. The summed E-state index contributed by atoms with van der Waals surface area (Å²) in [6.45, 7) is -0.724. The Bertz CT molecular complexity index is 172. The van der Waals surface area contributed by atoms with E-state index >= 15 is 0 Å². The van der Waals surface area contributed by atoms with Crippen LogP contribution in [0.4, 0.5) is 8.78 Å². The highest BCUT2D eigenvalue weighted by atomic mass is 19.3. The van der Waals surface area contributed by atoms with Crippen molar-refractivity contribution in [3.05, 3.63) is 0 Å². The second kappa shape index (κ2) is 5.45. The molecule has 12 heavy (non-hydrogen) atoms. The molecule has 0 aromatic carbocycles. The predicted molar refractivity (Wildman–Crippen MR) is 35.9 cm³/mol. The van der Waals surface area contributed by atoms with Gasteiger partial charge in [0.25, 0.3) is 6.43 Å². The number of carbonyl (C=O) groups is 2. The molecule has 0 heterocycles. The van der Waals surface area contributed by atoms with Crippen LogP contribution in [0.5, 0.6) is 0 Å². The van der Waals surface area contributed by atoms with Gasteiger partial charge >= 0.3 is 5.97 Å². The van der Waals surface area contributed by atoms with E-state index in [1.807, 2.05) is 5.32 Å². The average molecular weight is 181 g/mol. The molecule has 0 aliphatic carbocycles. The summed E-state index contributed by atoms with van der Waals surface area (Å²) in [6.07, 6.45) is -3.20. The maximum Gasteiger partial charge on any atom is 0.303 e. The minimum absolute atomic E-state index is 0.262. The maximum absolute atomic E-state index is 11.5. The third kappa shape index (κ3) is 6.91. The van der Waals surface area contributed by atoms with Gasteiger partial charge in [-0.15, -0.1) is 0 Å². The van der Waals surface area contributed by atoms with Crippen LogP contribution in [0.1, 0.15) is 12.8 Å². The van der Waals surface area contributed by atoms with Crippen molar-refractivity contribution in [3.8, 4) is 0 Å². The summed E-state index contributed by atoms with van der Waals surface area (Å²) in [7, 11) is 0. The normalized spacial score (nSPS) is 9.92. The first-order chi connectivity index (χ1) is 5.52. The Morgan fingerprint density at radius 2 is 1.92 bits per heavy atom. The molecule has 0 radical (unpaired) electrons. The van der Waals surface area contributed by atoms with Gasteiger partial charge in [0.05, 0.1) is 13.0 Å². The van der Waals surface area contributed by atoms with Crippen LogP contribution in [0.3, 0.4) is 0 Å². The van der Waals surface area contributed by atoms with Crippen molar-refractivity contribution in [1.29, 1.82) is 0 Å². The molecule has 1 amide bonds. The van der Waals surface area contributed by atoms with Crippen LogP contribution in [0.25, 0.3) is 0 Å². The molecule has 2 N–H and O–H groups in total. The van der Waals surface area contributed by atoms with E-state index in [-0.39, 0.29) is 12.8 Å². The maximum atomic E-state index is 11.5. The fourth-order valence-corrected chi connectivity index (χ4v) is 0.500. The van der Waals surface area contributed by atoms with E-state index in [9.17, 15) is 18.4 Å². The van der Waals surface area contributed by atoms with Crippen LogP contribution in [0, 0.1) is 0 Å². The highest BCUT2D eigenvalue weighted by Gasteiger charge is 2.07. The zero-order valence-corrected chi connectivity index (χ0v) is 6.22. The highest BCUT2D eigenvalue weighted by molar-refractivity contribution is 5.80.